The Balaban J connectivity index is 3.08. The lowest BCUT2D eigenvalue weighted by Gasteiger charge is -2.17. The maximum atomic E-state index is 5.39. The van der Waals surface area contributed by atoms with E-state index >= 15 is 0 Å². The summed E-state index contributed by atoms with van der Waals surface area (Å²) in [4.78, 5) is 0. The fraction of sp³-hybridized carbons (Fsp3) is 0.750. The Morgan fingerprint density at radius 1 is 1.09 bits per heavy atom. The van der Waals surface area contributed by atoms with Crippen LogP contribution in [0.5, 0.6) is 0 Å². The predicted octanol–water partition coefficient (Wildman–Crippen LogP) is 0.653. The van der Waals surface area contributed by atoms with Crippen LogP contribution in [0.2, 0.25) is 0 Å². The van der Waals surface area contributed by atoms with Crippen LogP contribution in [0.25, 0.3) is 0 Å². The van der Waals surface area contributed by atoms with Gasteiger partial charge in [-0.3, -0.25) is 0 Å². The summed E-state index contributed by atoms with van der Waals surface area (Å²) in [5.41, 5.74) is 16.2. The van der Waals surface area contributed by atoms with Crippen LogP contribution >= 0.6 is 0 Å². The Labute approximate surface area is 68.6 Å². The van der Waals surface area contributed by atoms with Crippen LogP contribution in [-0.4, -0.2) is 5.79 Å². The summed E-state index contributed by atoms with van der Waals surface area (Å²) in [6.07, 6.45) is 6.94. The van der Waals surface area contributed by atoms with Crippen molar-refractivity contribution in [2.75, 3.05) is 0 Å². The molecular formula is C8H19N3. The van der Waals surface area contributed by atoms with E-state index in [2.05, 4.69) is 6.58 Å². The lowest BCUT2D eigenvalue weighted by molar-refractivity contribution is 0.403. The molecule has 0 aliphatic heterocycles. The maximum absolute atomic E-state index is 5.39. The summed E-state index contributed by atoms with van der Waals surface area (Å²) in [7, 11) is 0. The van der Waals surface area contributed by atoms with E-state index in [0.717, 1.165) is 25.7 Å². The molecule has 6 N–H and O–H groups in total. The van der Waals surface area contributed by atoms with Crippen LogP contribution in [0.15, 0.2) is 12.7 Å². The van der Waals surface area contributed by atoms with Gasteiger partial charge in [0.25, 0.3) is 0 Å². The average Bonchev–Trinajstić information content (AvgIpc) is 1.85. The Hall–Kier alpha value is -0.380. The van der Waals surface area contributed by atoms with Crippen LogP contribution in [0.1, 0.15) is 32.1 Å². The molecule has 3 nitrogen and oxygen atoms in total. The fourth-order valence-corrected chi connectivity index (χ4v) is 0.897. The number of allylic oxidation sites excluding steroid dienone is 1. The van der Waals surface area contributed by atoms with Gasteiger partial charge < -0.3 is 17.2 Å². The van der Waals surface area contributed by atoms with Crippen molar-refractivity contribution in [3.8, 4) is 0 Å². The number of hydrogen-bond donors (Lipinski definition) is 3. The number of nitrogens with two attached hydrogens (primary N) is 3. The van der Waals surface area contributed by atoms with Crippen molar-refractivity contribution in [3.05, 3.63) is 12.7 Å². The van der Waals surface area contributed by atoms with E-state index in [-0.39, 0.29) is 0 Å². The monoisotopic (exact) mass is 157 g/mol. The van der Waals surface area contributed by atoms with Gasteiger partial charge in [-0.05, 0) is 25.7 Å². The fourth-order valence-electron chi connectivity index (χ4n) is 0.897. The molecule has 11 heavy (non-hydrogen) atoms. The number of rotatable bonds is 6. The SMILES string of the molecule is C=CCCCCCC(N)(N)N. The van der Waals surface area contributed by atoms with Gasteiger partial charge in [-0.25, -0.2) is 0 Å². The highest BCUT2D eigenvalue weighted by atomic mass is 15.1. The molecule has 0 rings (SSSR count). The van der Waals surface area contributed by atoms with Gasteiger partial charge in [0, 0.05) is 0 Å². The first-order valence-corrected chi connectivity index (χ1v) is 4.04. The Kier molecular flexibility index (Phi) is 5.11. The zero-order chi connectivity index (χ0) is 8.74. The van der Waals surface area contributed by atoms with Crippen molar-refractivity contribution in [1.82, 2.24) is 0 Å². The first kappa shape index (κ1) is 10.6. The molecule has 0 aromatic rings. The minimum atomic E-state index is -0.978. The van der Waals surface area contributed by atoms with Crippen molar-refractivity contribution in [1.29, 1.82) is 0 Å². The van der Waals surface area contributed by atoms with Crippen molar-refractivity contribution < 1.29 is 0 Å². The van der Waals surface area contributed by atoms with Gasteiger partial charge in [0.05, 0.1) is 0 Å². The highest BCUT2D eigenvalue weighted by Gasteiger charge is 2.09. The quantitative estimate of drug-likeness (QED) is 0.301. The van der Waals surface area contributed by atoms with Gasteiger partial charge in [0.1, 0.15) is 5.79 Å². The van der Waals surface area contributed by atoms with Crippen LogP contribution in [0, 0.1) is 0 Å². The molecule has 3 heteroatoms. The molecule has 0 aromatic carbocycles. The molecule has 0 saturated carbocycles. The summed E-state index contributed by atoms with van der Waals surface area (Å²) >= 11 is 0. The van der Waals surface area contributed by atoms with E-state index in [1.54, 1.807) is 0 Å². The van der Waals surface area contributed by atoms with E-state index in [4.69, 9.17) is 17.2 Å². The third-order valence-electron chi connectivity index (χ3n) is 1.52. The molecule has 0 aromatic heterocycles. The second-order valence-corrected chi connectivity index (χ2v) is 3.00. The largest absolute Gasteiger partial charge is 0.301 e. The number of hydrogen-bond acceptors (Lipinski definition) is 3. The van der Waals surface area contributed by atoms with E-state index in [1.165, 1.54) is 0 Å². The first-order valence-electron chi connectivity index (χ1n) is 4.04. The van der Waals surface area contributed by atoms with E-state index < -0.39 is 5.79 Å². The number of unbranched alkanes of at least 4 members (excludes halogenated alkanes) is 3. The Bertz CT molecular complexity index is 104. The lowest BCUT2D eigenvalue weighted by Crippen LogP contribution is -2.57. The normalized spacial score (nSPS) is 11.5. The Morgan fingerprint density at radius 3 is 2.18 bits per heavy atom. The van der Waals surface area contributed by atoms with Crippen molar-refractivity contribution in [2.24, 2.45) is 17.2 Å². The van der Waals surface area contributed by atoms with E-state index in [9.17, 15) is 0 Å². The van der Waals surface area contributed by atoms with Gasteiger partial charge >= 0.3 is 0 Å². The predicted molar refractivity (Wildman–Crippen MR) is 48.6 cm³/mol. The highest BCUT2D eigenvalue weighted by Crippen LogP contribution is 2.05. The van der Waals surface area contributed by atoms with Gasteiger partial charge in [-0.15, -0.1) is 6.58 Å². The topological polar surface area (TPSA) is 78.1 Å². The van der Waals surface area contributed by atoms with Crippen LogP contribution < -0.4 is 17.2 Å². The average molecular weight is 157 g/mol. The maximum Gasteiger partial charge on any atom is 0.115 e. The first-order chi connectivity index (χ1) is 5.06. The molecular weight excluding hydrogens is 138 g/mol. The minimum absolute atomic E-state index is 0.685. The molecule has 0 aliphatic carbocycles. The molecule has 0 radical (unpaired) electrons. The van der Waals surface area contributed by atoms with Crippen LogP contribution in [0.4, 0.5) is 0 Å². The van der Waals surface area contributed by atoms with Gasteiger partial charge in [0.15, 0.2) is 0 Å². The van der Waals surface area contributed by atoms with Gasteiger partial charge in [-0.2, -0.15) is 0 Å². The smallest absolute Gasteiger partial charge is 0.115 e. The standard InChI is InChI=1S/C8H19N3/c1-2-3-4-5-6-7-8(9,10)11/h2H,1,3-7,9-11H2. The molecule has 0 fully saturated rings. The van der Waals surface area contributed by atoms with Crippen molar-refractivity contribution in [2.45, 2.75) is 37.9 Å². The highest BCUT2D eigenvalue weighted by molar-refractivity contribution is 4.69. The molecule has 0 saturated heterocycles. The summed E-state index contributed by atoms with van der Waals surface area (Å²) in [6, 6.07) is 0. The Morgan fingerprint density at radius 2 is 1.73 bits per heavy atom. The lowest BCUT2D eigenvalue weighted by atomic mass is 10.1. The zero-order valence-corrected chi connectivity index (χ0v) is 7.05. The minimum Gasteiger partial charge on any atom is -0.301 e. The molecule has 0 aliphatic rings. The third kappa shape index (κ3) is 9.62. The third-order valence-corrected chi connectivity index (χ3v) is 1.52. The zero-order valence-electron chi connectivity index (χ0n) is 7.05. The molecule has 0 unspecified atom stereocenters. The molecule has 66 valence electrons. The molecule has 0 heterocycles. The van der Waals surface area contributed by atoms with Crippen LogP contribution in [-0.2, 0) is 0 Å². The van der Waals surface area contributed by atoms with Crippen LogP contribution in [0.3, 0.4) is 0 Å². The second kappa shape index (κ2) is 5.29. The van der Waals surface area contributed by atoms with Gasteiger partial charge in [0.2, 0.25) is 0 Å². The molecule has 0 spiro atoms. The molecule has 0 atom stereocenters. The second-order valence-electron chi connectivity index (χ2n) is 3.00. The molecule has 0 bridgehead atoms. The summed E-state index contributed by atoms with van der Waals surface area (Å²) in [5, 5.41) is 0. The van der Waals surface area contributed by atoms with Gasteiger partial charge in [-0.1, -0.05) is 12.5 Å². The van der Waals surface area contributed by atoms with Crippen molar-refractivity contribution >= 4 is 0 Å². The molecule has 0 amide bonds. The summed E-state index contributed by atoms with van der Waals surface area (Å²) in [6.45, 7) is 3.63. The van der Waals surface area contributed by atoms with E-state index in [0.29, 0.717) is 6.42 Å². The van der Waals surface area contributed by atoms with E-state index in [1.807, 2.05) is 6.08 Å². The van der Waals surface area contributed by atoms with Crippen molar-refractivity contribution in [3.63, 3.8) is 0 Å². The summed E-state index contributed by atoms with van der Waals surface area (Å²) < 4.78 is 0. The summed E-state index contributed by atoms with van der Waals surface area (Å²) in [5.74, 6) is -0.978.